The van der Waals surface area contributed by atoms with Crippen molar-refractivity contribution in [1.29, 1.82) is 0 Å². The van der Waals surface area contributed by atoms with E-state index in [1.807, 2.05) is 0 Å². The number of alkyl carbamates (subject to hydrolysis) is 1. The maximum atomic E-state index is 12.8. The van der Waals surface area contributed by atoms with E-state index in [2.05, 4.69) is 9.60 Å². The molecule has 0 saturated carbocycles. The quantitative estimate of drug-likeness (QED) is 0.305. The number of nitrogens with zero attached hydrogens (tertiary/aromatic N) is 2. The van der Waals surface area contributed by atoms with E-state index < -0.39 is 46.2 Å². The van der Waals surface area contributed by atoms with Crippen molar-refractivity contribution < 1.29 is 45.8 Å². The summed E-state index contributed by atoms with van der Waals surface area (Å²) in [6, 6.07) is 1.70. The molecule has 0 aromatic heterocycles. The summed E-state index contributed by atoms with van der Waals surface area (Å²) < 4.78 is 52.1. The number of urea groups is 1. The molecule has 3 amide bonds. The van der Waals surface area contributed by atoms with Gasteiger partial charge in [-0.3, -0.25) is 4.55 Å². The third kappa shape index (κ3) is 5.87. The highest BCUT2D eigenvalue weighted by Crippen LogP contribution is 2.45. The zero-order valence-electron chi connectivity index (χ0n) is 19.1. The average molecular weight is 502 g/mol. The first-order chi connectivity index (χ1) is 15.8. The van der Waals surface area contributed by atoms with Gasteiger partial charge in [0.05, 0.1) is 19.7 Å². The van der Waals surface area contributed by atoms with E-state index in [4.69, 9.17) is 18.8 Å². The summed E-state index contributed by atoms with van der Waals surface area (Å²) in [7, 11) is -5.00. The molecule has 0 aliphatic carbocycles. The molecule has 2 N–H and O–H groups in total. The van der Waals surface area contributed by atoms with Crippen LogP contribution in [0.4, 0.5) is 9.59 Å². The molecule has 1 aromatic carbocycles. The van der Waals surface area contributed by atoms with E-state index in [1.165, 1.54) is 6.07 Å². The van der Waals surface area contributed by atoms with Crippen LogP contribution in [0, 0.1) is 0 Å². The van der Waals surface area contributed by atoms with Crippen LogP contribution in [0.15, 0.2) is 18.2 Å². The summed E-state index contributed by atoms with van der Waals surface area (Å²) in [5.74, 6) is -0.355. The molecule has 0 spiro atoms. The first-order valence-electron chi connectivity index (χ1n) is 10.5. The highest BCUT2D eigenvalue weighted by atomic mass is 32.3. The van der Waals surface area contributed by atoms with Crippen molar-refractivity contribution in [2.24, 2.45) is 0 Å². The van der Waals surface area contributed by atoms with Crippen LogP contribution in [-0.4, -0.2) is 72.9 Å². The summed E-state index contributed by atoms with van der Waals surface area (Å²) in [4.78, 5) is 38.2. The van der Waals surface area contributed by atoms with Crippen molar-refractivity contribution >= 4 is 28.5 Å². The van der Waals surface area contributed by atoms with Gasteiger partial charge in [0.1, 0.15) is 24.0 Å². The molecular weight excluding hydrogens is 474 g/mol. The predicted octanol–water partition coefficient (Wildman–Crippen LogP) is 1.72. The van der Waals surface area contributed by atoms with Gasteiger partial charge in [-0.05, 0) is 51.0 Å². The molecule has 0 radical (unpaired) electrons. The van der Waals surface area contributed by atoms with Crippen molar-refractivity contribution in [2.75, 3.05) is 26.3 Å². The van der Waals surface area contributed by atoms with Crippen LogP contribution in [0.1, 0.15) is 50.9 Å². The lowest BCUT2D eigenvalue weighted by molar-refractivity contribution is -0.148. The fourth-order valence-corrected chi connectivity index (χ4v) is 4.05. The Morgan fingerprint density at radius 3 is 2.56 bits per heavy atom. The number of ether oxygens (including phenoxy) is 3. The summed E-state index contributed by atoms with van der Waals surface area (Å²) in [6.45, 7) is 7.07. The van der Waals surface area contributed by atoms with Crippen LogP contribution in [-0.2, 0) is 29.0 Å². The Hall–Kier alpha value is -3.10. The number of hydroxylamine groups is 2. The van der Waals surface area contributed by atoms with E-state index in [1.54, 1.807) is 39.8 Å². The first kappa shape index (κ1) is 25.5. The van der Waals surface area contributed by atoms with Gasteiger partial charge in [-0.1, -0.05) is 6.07 Å². The lowest BCUT2D eigenvalue weighted by Gasteiger charge is -2.31. The highest BCUT2D eigenvalue weighted by Gasteiger charge is 2.52. The maximum Gasteiger partial charge on any atom is 0.418 e. The largest absolute Gasteiger partial charge is 0.492 e. The number of hydrogen-bond donors (Lipinski definition) is 2. The molecule has 2 heterocycles. The second-order valence-electron chi connectivity index (χ2n) is 8.50. The second kappa shape index (κ2) is 9.64. The molecule has 2 bridgehead atoms. The van der Waals surface area contributed by atoms with Crippen LogP contribution < -0.4 is 10.1 Å². The molecule has 2 aliphatic heterocycles. The molecule has 3 rings (SSSR count). The Labute approximate surface area is 196 Å². The Morgan fingerprint density at radius 2 is 1.94 bits per heavy atom. The summed E-state index contributed by atoms with van der Waals surface area (Å²) >= 11 is 0. The third-order valence-corrected chi connectivity index (χ3v) is 5.18. The van der Waals surface area contributed by atoms with Crippen LogP contribution >= 0.6 is 0 Å². The van der Waals surface area contributed by atoms with Gasteiger partial charge in [0, 0.05) is 0 Å². The van der Waals surface area contributed by atoms with Gasteiger partial charge in [0.25, 0.3) is 0 Å². The molecule has 13 nitrogen and oxygen atoms in total. The fraction of sp³-hybridized carbons (Fsp3) is 0.550. The number of hydrogen-bond acceptors (Lipinski definition) is 9. The highest BCUT2D eigenvalue weighted by molar-refractivity contribution is 7.80. The minimum atomic E-state index is -5.00. The normalized spacial score (nSPS) is 19.5. The van der Waals surface area contributed by atoms with Gasteiger partial charge in [-0.25, -0.2) is 14.4 Å². The first-order valence-corrected chi connectivity index (χ1v) is 11.8. The summed E-state index contributed by atoms with van der Waals surface area (Å²) in [5.41, 5.74) is 0.159. The maximum absolute atomic E-state index is 12.8. The number of benzene rings is 1. The lowest BCUT2D eigenvalue weighted by Crippen LogP contribution is -2.39. The SMILES string of the molecule is CCOC(=O)C1c2ccc(OCCNC(=O)OC(C)(C)C)cc2C2CN1C(=O)N2OS(=O)(=O)O. The van der Waals surface area contributed by atoms with Crippen LogP contribution in [0.5, 0.6) is 5.75 Å². The zero-order valence-corrected chi connectivity index (χ0v) is 20.0. The monoisotopic (exact) mass is 501 g/mol. The van der Waals surface area contributed by atoms with E-state index in [9.17, 15) is 22.8 Å². The Morgan fingerprint density at radius 1 is 1.24 bits per heavy atom. The topological polar surface area (TPSA) is 161 Å². The Bertz CT molecular complexity index is 1070. The number of rotatable bonds is 8. The summed E-state index contributed by atoms with van der Waals surface area (Å²) in [5, 5.41) is 3.05. The van der Waals surface area contributed by atoms with Crippen molar-refractivity contribution in [3.8, 4) is 5.75 Å². The average Bonchev–Trinajstić information content (AvgIpc) is 2.96. The van der Waals surface area contributed by atoms with E-state index in [0.717, 1.165) is 4.90 Å². The van der Waals surface area contributed by atoms with Gasteiger partial charge in [-0.15, -0.1) is 4.28 Å². The molecule has 188 valence electrons. The van der Waals surface area contributed by atoms with E-state index >= 15 is 0 Å². The predicted molar refractivity (Wildman–Crippen MR) is 115 cm³/mol. The standard InChI is InChI=1S/C20H27N3O10S/c1-5-30-17(24)16-13-7-6-12(31-9-8-21-18(25)32-20(2,3)4)10-14(13)15-11-22(16)19(26)23(15)33-34(27,28)29/h6-7,10,15-16H,5,8-9,11H2,1-4H3,(H,21,25)(H,27,28,29). The second-order valence-corrected chi connectivity index (χ2v) is 9.51. The number of carbonyl (C=O) groups is 3. The molecule has 34 heavy (non-hydrogen) atoms. The number of amides is 3. The molecule has 1 fully saturated rings. The molecule has 2 unspecified atom stereocenters. The van der Waals surface area contributed by atoms with Crippen LogP contribution in [0.2, 0.25) is 0 Å². The smallest absolute Gasteiger partial charge is 0.418 e. The lowest BCUT2D eigenvalue weighted by atomic mass is 9.91. The van der Waals surface area contributed by atoms with Gasteiger partial charge < -0.3 is 24.4 Å². The molecule has 2 atom stereocenters. The molecule has 1 saturated heterocycles. The fourth-order valence-electron chi connectivity index (χ4n) is 3.68. The number of carbonyl (C=O) groups excluding carboxylic acids is 3. The minimum absolute atomic E-state index is 0.0749. The van der Waals surface area contributed by atoms with Gasteiger partial charge in [-0.2, -0.15) is 13.5 Å². The summed E-state index contributed by atoms with van der Waals surface area (Å²) in [6.07, 6.45) is -0.596. The molecular formula is C20H27N3O10S. The van der Waals surface area contributed by atoms with Gasteiger partial charge in [0.15, 0.2) is 6.04 Å². The minimum Gasteiger partial charge on any atom is -0.492 e. The van der Waals surface area contributed by atoms with Crippen molar-refractivity contribution in [3.63, 3.8) is 0 Å². The van der Waals surface area contributed by atoms with Crippen molar-refractivity contribution in [2.45, 2.75) is 45.4 Å². The van der Waals surface area contributed by atoms with Crippen LogP contribution in [0.3, 0.4) is 0 Å². The van der Waals surface area contributed by atoms with Crippen LogP contribution in [0.25, 0.3) is 0 Å². The number of nitrogens with one attached hydrogen (secondary N) is 1. The van der Waals surface area contributed by atoms with Gasteiger partial charge in [0.2, 0.25) is 0 Å². The van der Waals surface area contributed by atoms with Gasteiger partial charge >= 0.3 is 28.5 Å². The van der Waals surface area contributed by atoms with E-state index in [0.29, 0.717) is 21.9 Å². The number of esters is 1. The Balaban J connectivity index is 1.80. The molecule has 2 aliphatic rings. The number of fused-ring (bicyclic) bond motifs is 4. The third-order valence-electron chi connectivity index (χ3n) is 4.83. The van der Waals surface area contributed by atoms with E-state index in [-0.39, 0.29) is 26.3 Å². The Kier molecular flexibility index (Phi) is 7.24. The van der Waals surface area contributed by atoms with Crippen molar-refractivity contribution in [3.05, 3.63) is 29.3 Å². The van der Waals surface area contributed by atoms with Crippen molar-refractivity contribution in [1.82, 2.24) is 15.3 Å². The zero-order chi connectivity index (χ0) is 25.3. The molecule has 14 heteroatoms. The molecule has 1 aromatic rings.